The molecule has 0 saturated carbocycles. The van der Waals surface area contributed by atoms with Crippen molar-refractivity contribution in [1.29, 1.82) is 5.26 Å². The number of anilines is 1. The minimum absolute atomic E-state index is 0.0671. The van der Waals surface area contributed by atoms with Crippen molar-refractivity contribution in [2.75, 3.05) is 18.5 Å². The molecule has 2 aromatic heterocycles. The topological polar surface area (TPSA) is 106 Å². The first-order valence-electron chi connectivity index (χ1n) is 10.0. The molecular formula is C24H20N4O4. The highest BCUT2D eigenvalue weighted by Crippen LogP contribution is 2.24. The number of pyridine rings is 1. The lowest BCUT2D eigenvalue weighted by atomic mass is 10.1. The number of fused-ring (bicyclic) bond motifs is 1. The van der Waals surface area contributed by atoms with Gasteiger partial charge in [-0.2, -0.15) is 5.26 Å². The van der Waals surface area contributed by atoms with Crippen molar-refractivity contribution in [1.82, 2.24) is 9.55 Å². The maximum absolute atomic E-state index is 12.0. The fourth-order valence-corrected chi connectivity index (χ4v) is 3.46. The summed E-state index contributed by atoms with van der Waals surface area (Å²) in [6, 6.07) is 13.4. The zero-order valence-corrected chi connectivity index (χ0v) is 17.4. The first-order chi connectivity index (χ1) is 15.6. The Morgan fingerprint density at radius 1 is 1.38 bits per heavy atom. The molecule has 1 N–H and O–H groups in total. The van der Waals surface area contributed by atoms with Crippen molar-refractivity contribution in [2.24, 2.45) is 0 Å². The average molecular weight is 428 g/mol. The molecule has 0 saturated heterocycles. The van der Waals surface area contributed by atoms with Gasteiger partial charge in [-0.15, -0.1) is 0 Å². The second-order valence-electron chi connectivity index (χ2n) is 7.08. The quantitative estimate of drug-likeness (QED) is 0.349. The van der Waals surface area contributed by atoms with E-state index in [9.17, 15) is 14.9 Å². The number of carbonyl (C=O) groups is 2. The smallest absolute Gasteiger partial charge is 0.348 e. The number of nitrogens with zero attached hydrogens (tertiary/aromatic N) is 3. The minimum atomic E-state index is -0.651. The van der Waals surface area contributed by atoms with E-state index in [0.29, 0.717) is 17.8 Å². The Morgan fingerprint density at radius 2 is 2.25 bits per heavy atom. The summed E-state index contributed by atoms with van der Waals surface area (Å²) in [6.07, 6.45) is 6.52. The van der Waals surface area contributed by atoms with Crippen LogP contribution in [0.2, 0.25) is 0 Å². The van der Waals surface area contributed by atoms with Crippen molar-refractivity contribution in [2.45, 2.75) is 13.5 Å². The van der Waals surface area contributed by atoms with Crippen LogP contribution in [0.4, 0.5) is 5.69 Å². The molecule has 8 nitrogen and oxygen atoms in total. The average Bonchev–Trinajstić information content (AvgIpc) is 3.35. The van der Waals surface area contributed by atoms with Crippen LogP contribution < -0.4 is 5.32 Å². The minimum Gasteiger partial charge on any atom is -0.462 e. The third-order valence-electron chi connectivity index (χ3n) is 4.83. The van der Waals surface area contributed by atoms with Gasteiger partial charge in [0.1, 0.15) is 23.9 Å². The second kappa shape index (κ2) is 9.18. The van der Waals surface area contributed by atoms with Gasteiger partial charge in [0.2, 0.25) is 0 Å². The lowest BCUT2D eigenvalue weighted by Gasteiger charge is -2.09. The first kappa shape index (κ1) is 20.9. The maximum Gasteiger partial charge on any atom is 0.348 e. The van der Waals surface area contributed by atoms with Crippen LogP contribution in [0.1, 0.15) is 18.1 Å². The fourth-order valence-electron chi connectivity index (χ4n) is 3.46. The number of cyclic esters (lactones) is 1. The summed E-state index contributed by atoms with van der Waals surface area (Å²) in [6.45, 7) is 2.64. The van der Waals surface area contributed by atoms with Crippen molar-refractivity contribution < 1.29 is 19.1 Å². The summed E-state index contributed by atoms with van der Waals surface area (Å²) in [5.74, 6) is -1.00. The van der Waals surface area contributed by atoms with Gasteiger partial charge in [-0.3, -0.25) is 0 Å². The number of nitrogens with one attached hydrogen (secondary N) is 1. The van der Waals surface area contributed by atoms with Crippen LogP contribution in [0.3, 0.4) is 0 Å². The number of hydrogen-bond donors (Lipinski definition) is 1. The normalized spacial score (nSPS) is 13.4. The van der Waals surface area contributed by atoms with E-state index in [1.54, 1.807) is 13.1 Å². The second-order valence-corrected chi connectivity index (χ2v) is 7.08. The van der Waals surface area contributed by atoms with Crippen LogP contribution in [0.25, 0.3) is 17.1 Å². The molecule has 0 amide bonds. The number of rotatable bonds is 7. The largest absolute Gasteiger partial charge is 0.462 e. The molecule has 32 heavy (non-hydrogen) atoms. The predicted octanol–water partition coefficient (Wildman–Crippen LogP) is 3.41. The van der Waals surface area contributed by atoms with E-state index >= 15 is 0 Å². The zero-order chi connectivity index (χ0) is 22.5. The zero-order valence-electron chi connectivity index (χ0n) is 17.4. The van der Waals surface area contributed by atoms with E-state index < -0.39 is 5.97 Å². The highest BCUT2D eigenvalue weighted by molar-refractivity contribution is 6.00. The third kappa shape index (κ3) is 4.52. The highest BCUT2D eigenvalue weighted by atomic mass is 16.5. The summed E-state index contributed by atoms with van der Waals surface area (Å²) in [4.78, 5) is 27.8. The van der Waals surface area contributed by atoms with Crippen LogP contribution >= 0.6 is 0 Å². The van der Waals surface area contributed by atoms with Crippen LogP contribution in [0.15, 0.2) is 66.1 Å². The molecule has 0 fully saturated rings. The Labute approximate surface area is 184 Å². The molecule has 1 aliphatic heterocycles. The summed E-state index contributed by atoms with van der Waals surface area (Å²) in [7, 11) is 0. The molecule has 3 aromatic rings. The Bertz CT molecular complexity index is 1300. The first-order valence-corrected chi connectivity index (χ1v) is 10.0. The van der Waals surface area contributed by atoms with Crippen molar-refractivity contribution in [3.8, 4) is 6.07 Å². The van der Waals surface area contributed by atoms with Crippen molar-refractivity contribution in [3.63, 3.8) is 0 Å². The predicted molar refractivity (Wildman–Crippen MR) is 118 cm³/mol. The monoisotopic (exact) mass is 428 g/mol. The van der Waals surface area contributed by atoms with Gasteiger partial charge in [-0.1, -0.05) is 12.1 Å². The van der Waals surface area contributed by atoms with E-state index in [-0.39, 0.29) is 24.8 Å². The molecule has 0 aliphatic carbocycles. The molecule has 1 aliphatic rings. The Balaban J connectivity index is 1.64. The fraction of sp³-hybridized carbons (Fsp3) is 0.167. The van der Waals surface area contributed by atoms with Gasteiger partial charge in [0.05, 0.1) is 12.3 Å². The van der Waals surface area contributed by atoms with E-state index in [4.69, 9.17) is 9.47 Å². The Morgan fingerprint density at radius 3 is 3.00 bits per heavy atom. The molecule has 4 rings (SSSR count). The van der Waals surface area contributed by atoms with E-state index in [2.05, 4.69) is 10.3 Å². The van der Waals surface area contributed by atoms with Crippen molar-refractivity contribution in [3.05, 3.63) is 77.3 Å². The van der Waals surface area contributed by atoms with Crippen LogP contribution in [-0.4, -0.2) is 34.7 Å². The van der Waals surface area contributed by atoms with Crippen LogP contribution in [0, 0.1) is 11.3 Å². The SMILES string of the molecule is CCOC(=O)C(C#N)=Cc1cn(Cc2cccc(NC3=CC(=O)OC3)c2)c2ncccc12. The number of ether oxygens (including phenoxy) is 2. The molecule has 0 atom stereocenters. The molecule has 0 unspecified atom stereocenters. The number of nitriles is 1. The molecule has 160 valence electrons. The molecule has 0 bridgehead atoms. The standard InChI is InChI=1S/C24H20N4O4/c1-2-31-24(30)17(12-25)10-18-14-28(23-21(18)7-4-8-26-23)13-16-5-3-6-19(9-16)27-20-11-22(29)32-15-20/h3-11,14,27H,2,13,15H2,1H3. The molecule has 8 heteroatoms. The van der Waals surface area contributed by atoms with E-state index in [0.717, 1.165) is 22.3 Å². The van der Waals surface area contributed by atoms with Crippen molar-refractivity contribution >= 4 is 34.7 Å². The van der Waals surface area contributed by atoms with Crippen LogP contribution in [-0.2, 0) is 25.6 Å². The molecule has 0 radical (unpaired) electrons. The number of esters is 2. The number of aromatic nitrogens is 2. The van der Waals surface area contributed by atoms with Crippen LogP contribution in [0.5, 0.6) is 0 Å². The summed E-state index contributed by atoms with van der Waals surface area (Å²) in [5.41, 5.74) is 3.92. The number of hydrogen-bond acceptors (Lipinski definition) is 7. The van der Waals surface area contributed by atoms with E-state index in [1.165, 1.54) is 12.2 Å². The van der Waals surface area contributed by atoms with E-state index in [1.807, 2.05) is 53.2 Å². The molecular weight excluding hydrogens is 408 g/mol. The lowest BCUT2D eigenvalue weighted by Crippen LogP contribution is -2.05. The van der Waals surface area contributed by atoms with Gasteiger partial charge in [-0.05, 0) is 42.8 Å². The summed E-state index contributed by atoms with van der Waals surface area (Å²) < 4.78 is 11.8. The van der Waals surface area contributed by atoms with Gasteiger partial charge in [0, 0.05) is 41.7 Å². The summed E-state index contributed by atoms with van der Waals surface area (Å²) in [5, 5.41) is 13.4. The van der Waals surface area contributed by atoms with Gasteiger partial charge >= 0.3 is 11.9 Å². The molecule has 1 aromatic carbocycles. The number of benzene rings is 1. The third-order valence-corrected chi connectivity index (χ3v) is 4.83. The number of carbonyl (C=O) groups excluding carboxylic acids is 2. The van der Waals surface area contributed by atoms with Gasteiger partial charge < -0.3 is 19.4 Å². The summed E-state index contributed by atoms with van der Waals surface area (Å²) >= 11 is 0. The highest BCUT2D eigenvalue weighted by Gasteiger charge is 2.15. The molecule has 3 heterocycles. The van der Waals surface area contributed by atoms with Gasteiger partial charge in [0.15, 0.2) is 0 Å². The Hall–Kier alpha value is -4.38. The lowest BCUT2D eigenvalue weighted by molar-refractivity contribution is -0.138. The van der Waals surface area contributed by atoms with Gasteiger partial charge in [-0.25, -0.2) is 14.6 Å². The molecule has 0 spiro atoms. The van der Waals surface area contributed by atoms with Gasteiger partial charge in [0.25, 0.3) is 0 Å². The Kier molecular flexibility index (Phi) is 5.99. The maximum atomic E-state index is 12.0.